The monoisotopic (exact) mass is 527 g/mol. The summed E-state index contributed by atoms with van der Waals surface area (Å²) in [5.41, 5.74) is 2.79. The van der Waals surface area contributed by atoms with Gasteiger partial charge in [0.15, 0.2) is 6.10 Å². The van der Waals surface area contributed by atoms with Crippen molar-refractivity contribution >= 4 is 58.6 Å². The Bertz CT molecular complexity index is 741. The van der Waals surface area contributed by atoms with Crippen molar-refractivity contribution in [2.24, 2.45) is 11.8 Å². The number of carbonyl (C=O) groups is 4. The molecule has 1 unspecified atom stereocenters. The maximum Gasteiger partial charge on any atom is 0.325 e. The number of hydrogen-bond acceptors (Lipinski definition) is 7. The van der Waals surface area contributed by atoms with Crippen LogP contribution >= 0.6 is 34.8 Å². The summed E-state index contributed by atoms with van der Waals surface area (Å²) in [7, 11) is 0. The van der Waals surface area contributed by atoms with Crippen molar-refractivity contribution in [2.45, 2.75) is 69.4 Å². The van der Waals surface area contributed by atoms with Gasteiger partial charge in [-0.25, -0.2) is 5.43 Å². The fraction of sp³-hybridized carbons (Fsp3) is 0.714. The Kier molecular flexibility index (Phi) is 11.9. The number of hydrogen-bond donors (Lipinski definition) is 2. The molecule has 2 N–H and O–H groups in total. The van der Waals surface area contributed by atoms with E-state index in [1.54, 1.807) is 39.8 Å². The third-order valence-corrected chi connectivity index (χ3v) is 5.13. The van der Waals surface area contributed by atoms with Crippen LogP contribution in [0.1, 0.15) is 47.5 Å². The van der Waals surface area contributed by atoms with Crippen LogP contribution in [0.15, 0.2) is 12.2 Å². The van der Waals surface area contributed by atoms with Gasteiger partial charge in [-0.3, -0.25) is 24.2 Å². The molecule has 1 aliphatic rings. The normalized spacial score (nSPS) is 19.7. The molecule has 0 aromatic rings. The van der Waals surface area contributed by atoms with Crippen molar-refractivity contribution in [1.29, 1.82) is 0 Å². The van der Waals surface area contributed by atoms with Gasteiger partial charge in [-0.1, -0.05) is 60.8 Å². The second kappa shape index (κ2) is 13.4. The van der Waals surface area contributed by atoms with E-state index in [4.69, 9.17) is 44.3 Å². The van der Waals surface area contributed by atoms with Crippen LogP contribution in [0.4, 0.5) is 0 Å². The lowest BCUT2D eigenvalue weighted by Gasteiger charge is -2.34. The van der Waals surface area contributed by atoms with Crippen molar-refractivity contribution in [3.63, 3.8) is 0 Å². The van der Waals surface area contributed by atoms with Crippen molar-refractivity contribution in [2.75, 3.05) is 13.2 Å². The largest absolute Gasteiger partial charge is 0.460 e. The summed E-state index contributed by atoms with van der Waals surface area (Å²) in [6.07, 6.45) is 3.30. The van der Waals surface area contributed by atoms with Gasteiger partial charge in [0.05, 0.1) is 5.92 Å². The molecule has 1 fully saturated rings. The van der Waals surface area contributed by atoms with E-state index in [2.05, 4.69) is 10.7 Å². The third kappa shape index (κ3) is 10.1. The van der Waals surface area contributed by atoms with Crippen LogP contribution in [0.25, 0.3) is 0 Å². The quantitative estimate of drug-likeness (QED) is 0.269. The predicted octanol–water partition coefficient (Wildman–Crippen LogP) is 2.68. The Balaban J connectivity index is 2.71. The Morgan fingerprint density at radius 1 is 1.18 bits per heavy atom. The summed E-state index contributed by atoms with van der Waals surface area (Å²) in [5.74, 6) is -3.04. The summed E-state index contributed by atoms with van der Waals surface area (Å²) in [6, 6.07) is -1.73. The summed E-state index contributed by atoms with van der Waals surface area (Å²) in [4.78, 5) is 50.0. The van der Waals surface area contributed by atoms with Gasteiger partial charge in [-0.15, -0.1) is 0 Å². The van der Waals surface area contributed by atoms with Crippen molar-refractivity contribution in [1.82, 2.24) is 15.8 Å². The van der Waals surface area contributed by atoms with Gasteiger partial charge < -0.3 is 14.8 Å². The van der Waals surface area contributed by atoms with E-state index in [1.165, 1.54) is 11.9 Å². The maximum absolute atomic E-state index is 12.8. The third-order valence-electron chi connectivity index (χ3n) is 4.80. The first-order chi connectivity index (χ1) is 15.3. The molecular weight excluding hydrogens is 497 g/mol. The zero-order chi connectivity index (χ0) is 25.3. The van der Waals surface area contributed by atoms with E-state index in [-0.39, 0.29) is 5.92 Å². The number of amides is 2. The standard InChI is InChI=1S/C21H32Cl3N3O6/c1-6-8-13(4)19(30)33-16(12(2)3)17(28)25-14(5)18(29)27-10-7-9-15(26-27)20(31)32-11-21(22,23)24/h6,8,12-16,26H,7,9-11H2,1-5H3,(H,25,28)/b8-6+/t13-,14+,15+,16?/m1/s1. The highest BCUT2D eigenvalue weighted by atomic mass is 35.6. The molecule has 0 aromatic heterocycles. The first-order valence-corrected chi connectivity index (χ1v) is 11.8. The maximum atomic E-state index is 12.8. The summed E-state index contributed by atoms with van der Waals surface area (Å²) < 4.78 is 8.62. The van der Waals surface area contributed by atoms with Gasteiger partial charge in [0.2, 0.25) is 3.79 Å². The molecule has 4 atom stereocenters. The lowest BCUT2D eigenvalue weighted by atomic mass is 10.1. The molecule has 1 heterocycles. The molecule has 188 valence electrons. The molecule has 1 rings (SSSR count). The molecule has 0 saturated carbocycles. The van der Waals surface area contributed by atoms with E-state index in [0.29, 0.717) is 19.4 Å². The minimum atomic E-state index is -1.74. The topological polar surface area (TPSA) is 114 Å². The summed E-state index contributed by atoms with van der Waals surface area (Å²) in [6.45, 7) is 8.35. The zero-order valence-electron chi connectivity index (χ0n) is 19.4. The number of alkyl halides is 3. The molecule has 2 amide bonds. The number of carbonyl (C=O) groups excluding carboxylic acids is 4. The van der Waals surface area contributed by atoms with Gasteiger partial charge in [-0.2, -0.15) is 0 Å². The number of halogens is 3. The van der Waals surface area contributed by atoms with Crippen molar-refractivity contribution in [3.05, 3.63) is 12.2 Å². The summed E-state index contributed by atoms with van der Waals surface area (Å²) >= 11 is 16.8. The van der Waals surface area contributed by atoms with E-state index < -0.39 is 58.3 Å². The molecule has 0 aliphatic carbocycles. The van der Waals surface area contributed by atoms with Crippen LogP contribution in [0.5, 0.6) is 0 Å². The Labute approximate surface area is 209 Å². The SMILES string of the molecule is C/C=C/[C@@H](C)C(=O)OC(C(=O)N[C@@H](C)C(=O)N1CCC[C@@H](C(=O)OCC(Cl)(Cl)Cl)N1)C(C)C. The van der Waals surface area contributed by atoms with Crippen LogP contribution in [0.3, 0.4) is 0 Å². The second-order valence-corrected chi connectivity index (χ2v) is 10.7. The lowest BCUT2D eigenvalue weighted by molar-refractivity contribution is -0.161. The van der Waals surface area contributed by atoms with E-state index in [9.17, 15) is 19.2 Å². The Morgan fingerprint density at radius 2 is 1.82 bits per heavy atom. The van der Waals surface area contributed by atoms with E-state index >= 15 is 0 Å². The molecule has 0 bridgehead atoms. The van der Waals surface area contributed by atoms with Crippen LogP contribution < -0.4 is 10.7 Å². The predicted molar refractivity (Wildman–Crippen MR) is 125 cm³/mol. The van der Waals surface area contributed by atoms with E-state index in [1.807, 2.05) is 0 Å². The molecular formula is C21H32Cl3N3O6. The first kappa shape index (κ1) is 29.5. The number of nitrogens with one attached hydrogen (secondary N) is 2. The number of ether oxygens (including phenoxy) is 2. The smallest absolute Gasteiger partial charge is 0.325 e. The van der Waals surface area contributed by atoms with Gasteiger partial charge in [0.25, 0.3) is 11.8 Å². The van der Waals surface area contributed by atoms with Gasteiger partial charge >= 0.3 is 11.9 Å². The molecule has 0 radical (unpaired) electrons. The lowest BCUT2D eigenvalue weighted by Crippen LogP contribution is -2.60. The van der Waals surface area contributed by atoms with Crippen molar-refractivity contribution < 1.29 is 28.7 Å². The van der Waals surface area contributed by atoms with Crippen LogP contribution in [0.2, 0.25) is 0 Å². The van der Waals surface area contributed by atoms with Crippen LogP contribution in [-0.2, 0) is 28.7 Å². The highest BCUT2D eigenvalue weighted by Gasteiger charge is 2.35. The van der Waals surface area contributed by atoms with Gasteiger partial charge in [0, 0.05) is 6.54 Å². The average Bonchev–Trinajstić information content (AvgIpc) is 2.74. The zero-order valence-corrected chi connectivity index (χ0v) is 21.7. The van der Waals surface area contributed by atoms with Gasteiger partial charge in [0.1, 0.15) is 18.7 Å². The molecule has 1 aliphatic heterocycles. The van der Waals surface area contributed by atoms with Crippen LogP contribution in [-0.4, -0.2) is 63.9 Å². The first-order valence-electron chi connectivity index (χ1n) is 10.7. The van der Waals surface area contributed by atoms with Crippen LogP contribution in [0, 0.1) is 11.8 Å². The molecule has 9 nitrogen and oxygen atoms in total. The molecule has 1 saturated heterocycles. The fourth-order valence-corrected chi connectivity index (χ4v) is 3.22. The summed E-state index contributed by atoms with van der Waals surface area (Å²) in [5, 5.41) is 3.84. The second-order valence-electron chi connectivity index (χ2n) is 8.18. The van der Waals surface area contributed by atoms with Crippen molar-refractivity contribution in [3.8, 4) is 0 Å². The number of hydrazine groups is 1. The minimum Gasteiger partial charge on any atom is -0.460 e. The molecule has 0 aromatic carbocycles. The Hall–Kier alpha value is -1.55. The minimum absolute atomic E-state index is 0.306. The van der Waals surface area contributed by atoms with E-state index in [0.717, 1.165) is 0 Å². The average molecular weight is 529 g/mol. The highest BCUT2D eigenvalue weighted by molar-refractivity contribution is 6.67. The number of allylic oxidation sites excluding steroid dienone is 1. The molecule has 0 spiro atoms. The Morgan fingerprint density at radius 3 is 2.36 bits per heavy atom. The fourth-order valence-electron chi connectivity index (χ4n) is 3.05. The number of esters is 2. The highest BCUT2D eigenvalue weighted by Crippen LogP contribution is 2.26. The number of rotatable bonds is 9. The molecule has 33 heavy (non-hydrogen) atoms. The number of nitrogens with zero attached hydrogens (tertiary/aromatic N) is 1. The molecule has 12 heteroatoms. The van der Waals surface area contributed by atoms with Gasteiger partial charge in [-0.05, 0) is 39.5 Å².